The molecule has 0 heterocycles. The molecule has 34 heavy (non-hydrogen) atoms. The largest absolute Gasteiger partial charge is 0.497 e. The number of benzene rings is 3. The number of rotatable bonds is 10. The number of nitrogens with one attached hydrogen (secondary N) is 1. The first-order valence-corrected chi connectivity index (χ1v) is 11.8. The monoisotopic (exact) mass is 488 g/mol. The molecule has 0 saturated heterocycles. The van der Waals surface area contributed by atoms with Crippen molar-refractivity contribution in [1.29, 1.82) is 0 Å². The zero-order chi connectivity index (χ0) is 24.7. The first kappa shape index (κ1) is 24.8. The van der Waals surface area contributed by atoms with Gasteiger partial charge in [0.05, 0.1) is 37.1 Å². The number of nitrogens with zero attached hydrogens (tertiary/aromatic N) is 1. The summed E-state index contributed by atoms with van der Waals surface area (Å²) in [6, 6.07) is 15.5. The second kappa shape index (κ2) is 10.9. The summed E-state index contributed by atoms with van der Waals surface area (Å²) in [4.78, 5) is 12.8. The molecule has 0 saturated carbocycles. The normalized spacial score (nSPS) is 10.9. The molecule has 0 unspecified atom stereocenters. The summed E-state index contributed by atoms with van der Waals surface area (Å²) in [6.07, 6.45) is 0. The number of carbonyl (C=O) groups is 1. The predicted octanol–water partition coefficient (Wildman–Crippen LogP) is 4.08. The van der Waals surface area contributed by atoms with Crippen LogP contribution < -0.4 is 23.8 Å². The Morgan fingerprint density at radius 3 is 2.18 bits per heavy atom. The molecule has 10 heteroatoms. The quantitative estimate of drug-likeness (QED) is 0.462. The lowest BCUT2D eigenvalue weighted by atomic mass is 10.2. The minimum absolute atomic E-state index is 0.158. The van der Waals surface area contributed by atoms with Crippen molar-refractivity contribution in [1.82, 2.24) is 0 Å². The zero-order valence-electron chi connectivity index (χ0n) is 18.9. The van der Waals surface area contributed by atoms with Crippen molar-refractivity contribution in [2.45, 2.75) is 11.8 Å². The van der Waals surface area contributed by atoms with Crippen molar-refractivity contribution in [2.75, 3.05) is 37.0 Å². The molecular formula is C24H25FN2O6S. The average molecular weight is 489 g/mol. The first-order valence-electron chi connectivity index (χ1n) is 10.3. The molecular weight excluding hydrogens is 463 g/mol. The van der Waals surface area contributed by atoms with Crippen LogP contribution >= 0.6 is 0 Å². The number of ether oxygens (including phenoxy) is 3. The van der Waals surface area contributed by atoms with E-state index in [2.05, 4.69) is 5.32 Å². The van der Waals surface area contributed by atoms with Crippen molar-refractivity contribution < 1.29 is 31.8 Å². The number of sulfonamides is 1. The Labute approximate surface area is 197 Å². The van der Waals surface area contributed by atoms with E-state index in [1.165, 1.54) is 26.4 Å². The molecule has 0 radical (unpaired) electrons. The van der Waals surface area contributed by atoms with Crippen molar-refractivity contribution in [3.63, 3.8) is 0 Å². The first-order chi connectivity index (χ1) is 16.3. The maximum absolute atomic E-state index is 13.4. The van der Waals surface area contributed by atoms with Crippen LogP contribution in [0.15, 0.2) is 71.6 Å². The summed E-state index contributed by atoms with van der Waals surface area (Å²) in [7, 11) is -1.27. The summed E-state index contributed by atoms with van der Waals surface area (Å²) in [5, 5.41) is 2.67. The van der Waals surface area contributed by atoms with Gasteiger partial charge in [-0.15, -0.1) is 0 Å². The van der Waals surface area contributed by atoms with Crippen LogP contribution in [0.3, 0.4) is 0 Å². The smallest absolute Gasteiger partial charge is 0.264 e. The molecule has 3 aromatic carbocycles. The van der Waals surface area contributed by atoms with Gasteiger partial charge < -0.3 is 19.5 Å². The molecule has 0 aromatic heterocycles. The zero-order valence-corrected chi connectivity index (χ0v) is 19.8. The molecule has 0 aliphatic carbocycles. The van der Waals surface area contributed by atoms with Gasteiger partial charge in [-0.25, -0.2) is 12.8 Å². The van der Waals surface area contributed by atoms with Crippen LogP contribution in [0.2, 0.25) is 0 Å². The Balaban J connectivity index is 1.95. The Morgan fingerprint density at radius 2 is 1.59 bits per heavy atom. The van der Waals surface area contributed by atoms with E-state index >= 15 is 0 Å². The fourth-order valence-electron chi connectivity index (χ4n) is 3.16. The van der Waals surface area contributed by atoms with Gasteiger partial charge in [-0.3, -0.25) is 9.10 Å². The number of anilines is 2. The van der Waals surface area contributed by atoms with E-state index in [0.29, 0.717) is 29.5 Å². The Hall–Kier alpha value is -3.79. The highest BCUT2D eigenvalue weighted by molar-refractivity contribution is 7.92. The van der Waals surface area contributed by atoms with E-state index in [1.54, 1.807) is 30.3 Å². The van der Waals surface area contributed by atoms with Gasteiger partial charge in [0.1, 0.15) is 29.6 Å². The van der Waals surface area contributed by atoms with Crippen molar-refractivity contribution in [3.8, 4) is 17.2 Å². The summed E-state index contributed by atoms with van der Waals surface area (Å²) < 4.78 is 57.0. The lowest BCUT2D eigenvalue weighted by molar-refractivity contribution is -0.114. The van der Waals surface area contributed by atoms with Crippen LogP contribution in [0.25, 0.3) is 0 Å². The molecule has 0 atom stereocenters. The highest BCUT2D eigenvalue weighted by atomic mass is 32.2. The van der Waals surface area contributed by atoms with Gasteiger partial charge in [0.15, 0.2) is 0 Å². The van der Waals surface area contributed by atoms with Gasteiger partial charge in [0, 0.05) is 6.07 Å². The molecule has 180 valence electrons. The standard InChI is InChI=1S/C24H25FN2O6S/c1-4-33-19-9-7-18(8-10-19)27(34(29,30)21-12-5-17(25)6-13-21)16-24(28)26-22-15-20(31-2)11-14-23(22)32-3/h5-15H,4,16H2,1-3H3,(H,26,28). The highest BCUT2D eigenvalue weighted by Gasteiger charge is 2.28. The van der Waals surface area contributed by atoms with E-state index in [1.807, 2.05) is 6.92 Å². The minimum Gasteiger partial charge on any atom is -0.497 e. The second-order valence-corrected chi connectivity index (χ2v) is 8.87. The third-order valence-corrected chi connectivity index (χ3v) is 6.59. The Morgan fingerprint density at radius 1 is 0.941 bits per heavy atom. The van der Waals surface area contributed by atoms with E-state index < -0.39 is 28.3 Å². The van der Waals surface area contributed by atoms with Crippen LogP contribution in [-0.4, -0.2) is 41.7 Å². The van der Waals surface area contributed by atoms with Crippen LogP contribution in [0.5, 0.6) is 17.2 Å². The lowest BCUT2D eigenvalue weighted by Crippen LogP contribution is -2.38. The predicted molar refractivity (Wildman–Crippen MR) is 127 cm³/mol. The summed E-state index contributed by atoms with van der Waals surface area (Å²) in [6.45, 7) is 1.73. The minimum atomic E-state index is -4.20. The molecule has 8 nitrogen and oxygen atoms in total. The third kappa shape index (κ3) is 5.76. The molecule has 0 bridgehead atoms. The number of hydrogen-bond donors (Lipinski definition) is 1. The van der Waals surface area contributed by atoms with Crippen molar-refractivity contribution in [3.05, 3.63) is 72.5 Å². The van der Waals surface area contributed by atoms with Gasteiger partial charge in [-0.05, 0) is 67.6 Å². The number of carbonyl (C=O) groups excluding carboxylic acids is 1. The van der Waals surface area contributed by atoms with Crippen molar-refractivity contribution >= 4 is 27.3 Å². The fraction of sp³-hybridized carbons (Fsp3) is 0.208. The molecule has 1 amide bonds. The lowest BCUT2D eigenvalue weighted by Gasteiger charge is -2.24. The van der Waals surface area contributed by atoms with E-state index in [4.69, 9.17) is 14.2 Å². The van der Waals surface area contributed by atoms with Crippen LogP contribution in [0.4, 0.5) is 15.8 Å². The molecule has 1 N–H and O–H groups in total. The number of halogens is 1. The fourth-order valence-corrected chi connectivity index (χ4v) is 4.58. The molecule has 0 fully saturated rings. The maximum Gasteiger partial charge on any atom is 0.264 e. The number of amides is 1. The summed E-state index contributed by atoms with van der Waals surface area (Å²) >= 11 is 0. The Bertz CT molecular complexity index is 1230. The topological polar surface area (TPSA) is 94.2 Å². The van der Waals surface area contributed by atoms with Gasteiger partial charge in [-0.1, -0.05) is 0 Å². The highest BCUT2D eigenvalue weighted by Crippen LogP contribution is 2.30. The van der Waals surface area contributed by atoms with E-state index in [0.717, 1.165) is 28.6 Å². The summed E-state index contributed by atoms with van der Waals surface area (Å²) in [5.74, 6) is 0.220. The van der Waals surface area contributed by atoms with Gasteiger partial charge >= 0.3 is 0 Å². The SMILES string of the molecule is CCOc1ccc(N(CC(=O)Nc2cc(OC)ccc2OC)S(=O)(=O)c2ccc(F)cc2)cc1. The van der Waals surface area contributed by atoms with Crippen molar-refractivity contribution in [2.24, 2.45) is 0 Å². The maximum atomic E-state index is 13.4. The van der Waals surface area contributed by atoms with Crippen LogP contribution in [0.1, 0.15) is 6.92 Å². The molecule has 0 spiro atoms. The van der Waals surface area contributed by atoms with Crippen LogP contribution in [0, 0.1) is 5.82 Å². The van der Waals surface area contributed by atoms with Crippen LogP contribution in [-0.2, 0) is 14.8 Å². The average Bonchev–Trinajstić information content (AvgIpc) is 2.83. The second-order valence-electron chi connectivity index (χ2n) is 7.01. The number of methoxy groups -OCH3 is 2. The molecule has 0 aliphatic heterocycles. The third-order valence-electron chi connectivity index (χ3n) is 4.81. The molecule has 0 aliphatic rings. The molecule has 3 aromatic rings. The van der Waals surface area contributed by atoms with Gasteiger partial charge in [0.2, 0.25) is 5.91 Å². The molecule has 3 rings (SSSR count). The van der Waals surface area contributed by atoms with E-state index in [-0.39, 0.29) is 10.6 Å². The van der Waals surface area contributed by atoms with Gasteiger partial charge in [-0.2, -0.15) is 0 Å². The van der Waals surface area contributed by atoms with Gasteiger partial charge in [0.25, 0.3) is 10.0 Å². The van der Waals surface area contributed by atoms with E-state index in [9.17, 15) is 17.6 Å². The number of hydrogen-bond acceptors (Lipinski definition) is 6. The summed E-state index contributed by atoms with van der Waals surface area (Å²) in [5.41, 5.74) is 0.554. The Kier molecular flexibility index (Phi) is 7.95.